The molecule has 1 amide bonds. The van der Waals surface area contributed by atoms with Crippen LogP contribution in [-0.4, -0.2) is 24.1 Å². The number of nitrogens with zero attached hydrogens (tertiary/aromatic N) is 1. The summed E-state index contributed by atoms with van der Waals surface area (Å²) in [6.07, 6.45) is 1.38. The van der Waals surface area contributed by atoms with Crippen LogP contribution in [0.4, 0.5) is 5.69 Å². The lowest BCUT2D eigenvalue weighted by molar-refractivity contribution is -0.119. The Hall–Kier alpha value is -2.33. The Morgan fingerprint density at radius 2 is 1.76 bits per heavy atom. The van der Waals surface area contributed by atoms with Gasteiger partial charge in [0.25, 0.3) is 0 Å². The Labute approximate surface area is 124 Å². The van der Waals surface area contributed by atoms with E-state index in [2.05, 4.69) is 0 Å². The van der Waals surface area contributed by atoms with Gasteiger partial charge in [0.2, 0.25) is 5.91 Å². The number of hydrogen-bond acceptors (Lipinski definition) is 3. The van der Waals surface area contributed by atoms with Gasteiger partial charge in [0, 0.05) is 12.7 Å². The van der Waals surface area contributed by atoms with Crippen LogP contribution in [0.5, 0.6) is 5.75 Å². The van der Waals surface area contributed by atoms with E-state index in [9.17, 15) is 9.90 Å². The second kappa shape index (κ2) is 6.90. The molecule has 0 heterocycles. The number of likely N-dealkylation sites (N-methyl/N-ethyl adjacent to an activating group) is 1. The number of hydrogen-bond donors (Lipinski definition) is 2. The summed E-state index contributed by atoms with van der Waals surface area (Å²) in [6.45, 7) is 0. The van der Waals surface area contributed by atoms with Gasteiger partial charge >= 0.3 is 0 Å². The van der Waals surface area contributed by atoms with Crippen molar-refractivity contribution in [1.29, 1.82) is 0 Å². The first-order valence-electron chi connectivity index (χ1n) is 6.94. The molecule has 1 unspecified atom stereocenters. The molecule has 2 aromatic carbocycles. The second-order valence-electron chi connectivity index (χ2n) is 5.04. The van der Waals surface area contributed by atoms with E-state index >= 15 is 0 Å². The highest BCUT2D eigenvalue weighted by Crippen LogP contribution is 2.18. The number of rotatable bonds is 5. The molecule has 3 N–H and O–H groups in total. The highest BCUT2D eigenvalue weighted by atomic mass is 16.3. The fourth-order valence-electron chi connectivity index (χ4n) is 2.14. The first-order valence-corrected chi connectivity index (χ1v) is 6.94. The van der Waals surface area contributed by atoms with E-state index in [-0.39, 0.29) is 11.7 Å². The summed E-state index contributed by atoms with van der Waals surface area (Å²) >= 11 is 0. The lowest BCUT2D eigenvalue weighted by atomic mass is 10.0. The molecule has 0 aromatic heterocycles. The fourth-order valence-corrected chi connectivity index (χ4v) is 2.14. The summed E-state index contributed by atoms with van der Waals surface area (Å²) in [5.41, 5.74) is 7.88. The summed E-state index contributed by atoms with van der Waals surface area (Å²) in [4.78, 5) is 13.8. The third kappa shape index (κ3) is 4.07. The quantitative estimate of drug-likeness (QED) is 0.885. The molecule has 0 aliphatic carbocycles. The molecule has 4 heteroatoms. The molecule has 0 radical (unpaired) electrons. The number of carbonyl (C=O) groups excluding carboxylic acids is 1. The third-order valence-corrected chi connectivity index (χ3v) is 3.47. The topological polar surface area (TPSA) is 66.6 Å². The van der Waals surface area contributed by atoms with Gasteiger partial charge in [0.05, 0.1) is 6.04 Å². The molecule has 0 bridgehead atoms. The summed E-state index contributed by atoms with van der Waals surface area (Å²) < 4.78 is 0. The van der Waals surface area contributed by atoms with Crippen molar-refractivity contribution in [2.45, 2.75) is 18.9 Å². The molecular weight excluding hydrogens is 264 g/mol. The van der Waals surface area contributed by atoms with Gasteiger partial charge in [-0.1, -0.05) is 30.3 Å². The van der Waals surface area contributed by atoms with Gasteiger partial charge in [0.1, 0.15) is 5.75 Å². The zero-order chi connectivity index (χ0) is 15.2. The van der Waals surface area contributed by atoms with Crippen LogP contribution >= 0.6 is 0 Å². The highest BCUT2D eigenvalue weighted by Gasteiger charge is 2.19. The van der Waals surface area contributed by atoms with E-state index in [1.54, 1.807) is 31.3 Å². The van der Waals surface area contributed by atoms with Gasteiger partial charge in [0.15, 0.2) is 0 Å². The Morgan fingerprint density at radius 3 is 2.38 bits per heavy atom. The normalized spacial score (nSPS) is 11.9. The number of phenols is 1. The van der Waals surface area contributed by atoms with E-state index in [0.29, 0.717) is 12.1 Å². The maximum Gasteiger partial charge on any atom is 0.243 e. The number of aryl methyl sites for hydroxylation is 1. The molecule has 2 aromatic rings. The van der Waals surface area contributed by atoms with Crippen molar-refractivity contribution in [2.24, 2.45) is 5.73 Å². The smallest absolute Gasteiger partial charge is 0.243 e. The minimum Gasteiger partial charge on any atom is -0.508 e. The van der Waals surface area contributed by atoms with Gasteiger partial charge < -0.3 is 15.7 Å². The van der Waals surface area contributed by atoms with Crippen LogP contribution in [0.25, 0.3) is 0 Å². The molecule has 1 atom stereocenters. The number of phenolic OH excluding ortho intramolecular Hbond substituents is 1. The molecule has 0 fully saturated rings. The summed E-state index contributed by atoms with van der Waals surface area (Å²) in [6, 6.07) is 15.9. The molecule has 0 saturated heterocycles. The van der Waals surface area contributed by atoms with Gasteiger partial charge in [-0.2, -0.15) is 0 Å². The van der Waals surface area contributed by atoms with Crippen molar-refractivity contribution in [3.05, 3.63) is 60.2 Å². The SMILES string of the molecule is CN(C(=O)C(N)CCc1ccccc1)c1ccc(O)cc1. The van der Waals surface area contributed by atoms with Crippen LogP contribution in [0, 0.1) is 0 Å². The molecule has 21 heavy (non-hydrogen) atoms. The standard InChI is InChI=1S/C17H20N2O2/c1-19(14-8-10-15(20)11-9-14)17(21)16(18)12-7-13-5-3-2-4-6-13/h2-6,8-11,16,20H,7,12,18H2,1H3. The van der Waals surface area contributed by atoms with Crippen LogP contribution in [0.3, 0.4) is 0 Å². The number of benzene rings is 2. The Balaban J connectivity index is 1.94. The Bertz CT molecular complexity index is 581. The van der Waals surface area contributed by atoms with Crippen LogP contribution in [-0.2, 0) is 11.2 Å². The van der Waals surface area contributed by atoms with Gasteiger partial charge in [-0.3, -0.25) is 4.79 Å². The zero-order valence-corrected chi connectivity index (χ0v) is 12.1. The van der Waals surface area contributed by atoms with E-state index < -0.39 is 6.04 Å². The number of nitrogens with two attached hydrogens (primary N) is 1. The van der Waals surface area contributed by atoms with Crippen LogP contribution < -0.4 is 10.6 Å². The summed E-state index contributed by atoms with van der Waals surface area (Å²) in [5.74, 6) is 0.0459. The van der Waals surface area contributed by atoms with E-state index in [1.807, 2.05) is 30.3 Å². The third-order valence-electron chi connectivity index (χ3n) is 3.47. The van der Waals surface area contributed by atoms with Crippen LogP contribution in [0.1, 0.15) is 12.0 Å². The van der Waals surface area contributed by atoms with E-state index in [4.69, 9.17) is 5.73 Å². The molecule has 110 valence electrons. The van der Waals surface area contributed by atoms with E-state index in [1.165, 1.54) is 10.5 Å². The van der Waals surface area contributed by atoms with Crippen molar-refractivity contribution in [1.82, 2.24) is 0 Å². The van der Waals surface area contributed by atoms with Gasteiger partial charge in [-0.05, 0) is 42.7 Å². The number of amides is 1. The molecule has 0 spiro atoms. The monoisotopic (exact) mass is 284 g/mol. The average Bonchev–Trinajstić information content (AvgIpc) is 2.53. The van der Waals surface area contributed by atoms with Gasteiger partial charge in [-0.25, -0.2) is 0 Å². The lowest BCUT2D eigenvalue weighted by Crippen LogP contribution is -2.42. The van der Waals surface area contributed by atoms with Crippen LogP contribution in [0.2, 0.25) is 0 Å². The summed E-state index contributed by atoms with van der Waals surface area (Å²) in [7, 11) is 1.69. The summed E-state index contributed by atoms with van der Waals surface area (Å²) in [5, 5.41) is 9.27. The zero-order valence-electron chi connectivity index (χ0n) is 12.1. The first-order chi connectivity index (χ1) is 10.1. The van der Waals surface area contributed by atoms with Crippen molar-refractivity contribution >= 4 is 11.6 Å². The Morgan fingerprint density at radius 1 is 1.14 bits per heavy atom. The maximum atomic E-state index is 12.3. The van der Waals surface area contributed by atoms with Crippen molar-refractivity contribution < 1.29 is 9.90 Å². The maximum absolute atomic E-state index is 12.3. The fraction of sp³-hybridized carbons (Fsp3) is 0.235. The Kier molecular flexibility index (Phi) is 4.95. The van der Waals surface area contributed by atoms with Crippen LogP contribution in [0.15, 0.2) is 54.6 Å². The number of aromatic hydroxyl groups is 1. The average molecular weight is 284 g/mol. The molecule has 4 nitrogen and oxygen atoms in total. The van der Waals surface area contributed by atoms with Crippen molar-refractivity contribution in [3.63, 3.8) is 0 Å². The minimum atomic E-state index is -0.538. The predicted octanol–water partition coefficient (Wildman–Crippen LogP) is 2.32. The molecule has 0 saturated carbocycles. The molecule has 0 aliphatic heterocycles. The second-order valence-corrected chi connectivity index (χ2v) is 5.04. The number of anilines is 1. The molecule has 0 aliphatic rings. The molecular formula is C17H20N2O2. The number of carbonyl (C=O) groups is 1. The van der Waals surface area contributed by atoms with Gasteiger partial charge in [-0.15, -0.1) is 0 Å². The highest BCUT2D eigenvalue weighted by molar-refractivity contribution is 5.96. The first kappa shape index (κ1) is 15.1. The van der Waals surface area contributed by atoms with Crippen molar-refractivity contribution in [3.8, 4) is 5.75 Å². The van der Waals surface area contributed by atoms with E-state index in [0.717, 1.165) is 6.42 Å². The minimum absolute atomic E-state index is 0.128. The predicted molar refractivity (Wildman–Crippen MR) is 84.3 cm³/mol. The molecule has 2 rings (SSSR count). The largest absolute Gasteiger partial charge is 0.508 e. The lowest BCUT2D eigenvalue weighted by Gasteiger charge is -2.21. The van der Waals surface area contributed by atoms with Crippen molar-refractivity contribution in [2.75, 3.05) is 11.9 Å².